The van der Waals surface area contributed by atoms with Crippen LogP contribution in [-0.4, -0.2) is 22.5 Å². The van der Waals surface area contributed by atoms with E-state index in [1.807, 2.05) is 30.5 Å². The first kappa shape index (κ1) is 12.4. The highest BCUT2D eigenvalue weighted by molar-refractivity contribution is 7.98. The number of nitrogen functional groups attached to an aromatic ring is 1. The Kier molecular flexibility index (Phi) is 3.78. The third-order valence-electron chi connectivity index (χ3n) is 2.39. The average molecular weight is 260 g/mol. The summed E-state index contributed by atoms with van der Waals surface area (Å²) in [5.74, 6) is 0.581. The predicted octanol–water partition coefficient (Wildman–Crippen LogP) is 2.34. The maximum absolute atomic E-state index is 10.9. The quantitative estimate of drug-likeness (QED) is 0.648. The van der Waals surface area contributed by atoms with Gasteiger partial charge >= 0.3 is 0 Å². The van der Waals surface area contributed by atoms with E-state index in [1.54, 1.807) is 11.8 Å². The van der Waals surface area contributed by atoms with Crippen LogP contribution in [0.3, 0.4) is 0 Å². The van der Waals surface area contributed by atoms with Crippen LogP contribution in [0.5, 0.6) is 0 Å². The number of nitrogens with two attached hydrogens (primary N) is 1. The average Bonchev–Trinajstić information content (AvgIpc) is 2.40. The van der Waals surface area contributed by atoms with Gasteiger partial charge in [0.15, 0.2) is 6.29 Å². The summed E-state index contributed by atoms with van der Waals surface area (Å²) in [7, 11) is 0. The molecule has 2 rings (SSSR count). The fourth-order valence-corrected chi connectivity index (χ4v) is 1.84. The Hall–Kier alpha value is -2.08. The van der Waals surface area contributed by atoms with Crippen molar-refractivity contribution in [2.24, 2.45) is 0 Å². The SMILES string of the molecule is CSc1ccc(Nc2ncnc(N)c2C=O)cc1. The van der Waals surface area contributed by atoms with Crippen LogP contribution in [-0.2, 0) is 0 Å². The molecular formula is C12H12N4OS. The standard InChI is InChI=1S/C12H12N4OS/c1-18-9-4-2-8(3-5-9)16-12-10(6-17)11(13)14-7-15-12/h2-7H,1H3,(H3,13,14,15,16). The van der Waals surface area contributed by atoms with Gasteiger partial charge < -0.3 is 11.1 Å². The van der Waals surface area contributed by atoms with Gasteiger partial charge in [0, 0.05) is 10.6 Å². The van der Waals surface area contributed by atoms with Crippen molar-refractivity contribution in [3.63, 3.8) is 0 Å². The molecule has 92 valence electrons. The van der Waals surface area contributed by atoms with Gasteiger partial charge in [0.2, 0.25) is 0 Å². The Morgan fingerprint density at radius 3 is 2.61 bits per heavy atom. The molecule has 6 heteroatoms. The van der Waals surface area contributed by atoms with Crippen LogP contribution in [0.15, 0.2) is 35.5 Å². The fraction of sp³-hybridized carbons (Fsp3) is 0.0833. The number of rotatable bonds is 4. The van der Waals surface area contributed by atoms with Crippen LogP contribution >= 0.6 is 11.8 Å². The van der Waals surface area contributed by atoms with Crippen molar-refractivity contribution in [1.29, 1.82) is 0 Å². The van der Waals surface area contributed by atoms with Crippen molar-refractivity contribution in [3.05, 3.63) is 36.2 Å². The summed E-state index contributed by atoms with van der Waals surface area (Å²) >= 11 is 1.66. The molecule has 3 N–H and O–H groups in total. The van der Waals surface area contributed by atoms with Gasteiger partial charge in [-0.1, -0.05) is 0 Å². The van der Waals surface area contributed by atoms with E-state index >= 15 is 0 Å². The zero-order valence-electron chi connectivity index (χ0n) is 9.75. The van der Waals surface area contributed by atoms with Crippen molar-refractivity contribution >= 4 is 35.4 Å². The lowest BCUT2D eigenvalue weighted by molar-refractivity contribution is 0.112. The van der Waals surface area contributed by atoms with Crippen LogP contribution in [0.25, 0.3) is 0 Å². The highest BCUT2D eigenvalue weighted by Crippen LogP contribution is 2.22. The van der Waals surface area contributed by atoms with Gasteiger partial charge in [-0.25, -0.2) is 9.97 Å². The Morgan fingerprint density at radius 2 is 2.00 bits per heavy atom. The van der Waals surface area contributed by atoms with Gasteiger partial charge in [-0.05, 0) is 30.5 Å². The third-order valence-corrected chi connectivity index (χ3v) is 3.13. The van der Waals surface area contributed by atoms with Gasteiger partial charge in [-0.15, -0.1) is 11.8 Å². The van der Waals surface area contributed by atoms with Gasteiger partial charge in [0.1, 0.15) is 18.0 Å². The molecule has 0 aliphatic carbocycles. The normalized spacial score (nSPS) is 10.1. The number of nitrogens with one attached hydrogen (secondary N) is 1. The Bertz CT molecular complexity index is 557. The zero-order valence-corrected chi connectivity index (χ0v) is 10.6. The van der Waals surface area contributed by atoms with Crippen molar-refractivity contribution in [2.45, 2.75) is 4.90 Å². The smallest absolute Gasteiger partial charge is 0.157 e. The van der Waals surface area contributed by atoms with E-state index in [1.165, 1.54) is 11.2 Å². The van der Waals surface area contributed by atoms with Gasteiger partial charge in [-0.2, -0.15) is 0 Å². The van der Waals surface area contributed by atoms with E-state index < -0.39 is 0 Å². The van der Waals surface area contributed by atoms with E-state index in [9.17, 15) is 4.79 Å². The number of anilines is 3. The third kappa shape index (κ3) is 2.60. The van der Waals surface area contributed by atoms with Crippen LogP contribution in [0.4, 0.5) is 17.3 Å². The van der Waals surface area contributed by atoms with Crippen LogP contribution in [0, 0.1) is 0 Å². The molecule has 0 spiro atoms. The number of hydrogen-bond acceptors (Lipinski definition) is 6. The molecule has 2 aromatic rings. The van der Waals surface area contributed by atoms with Crippen molar-refractivity contribution in [1.82, 2.24) is 9.97 Å². The number of nitrogens with zero attached hydrogens (tertiary/aromatic N) is 2. The van der Waals surface area contributed by atoms with Crippen molar-refractivity contribution in [2.75, 3.05) is 17.3 Å². The Balaban J connectivity index is 2.28. The lowest BCUT2D eigenvalue weighted by Gasteiger charge is -2.08. The molecule has 0 unspecified atom stereocenters. The molecule has 0 saturated heterocycles. The first-order valence-electron chi connectivity index (χ1n) is 5.21. The molecule has 0 bridgehead atoms. The van der Waals surface area contributed by atoms with Crippen LogP contribution < -0.4 is 11.1 Å². The molecule has 0 amide bonds. The molecule has 5 nitrogen and oxygen atoms in total. The van der Waals surface area contributed by atoms with Gasteiger partial charge in [-0.3, -0.25) is 4.79 Å². The summed E-state index contributed by atoms with van der Waals surface area (Å²) in [5.41, 5.74) is 6.72. The van der Waals surface area contributed by atoms with E-state index in [0.717, 1.165) is 5.69 Å². The van der Waals surface area contributed by atoms with E-state index in [-0.39, 0.29) is 11.4 Å². The maximum atomic E-state index is 10.9. The Morgan fingerprint density at radius 1 is 1.28 bits per heavy atom. The molecule has 0 aliphatic heterocycles. The molecule has 0 atom stereocenters. The van der Waals surface area contributed by atoms with Gasteiger partial charge in [0.05, 0.1) is 5.56 Å². The maximum Gasteiger partial charge on any atom is 0.157 e. The molecule has 0 fully saturated rings. The number of aldehydes is 1. The second-order valence-electron chi connectivity index (χ2n) is 3.49. The van der Waals surface area contributed by atoms with E-state index in [0.29, 0.717) is 12.1 Å². The summed E-state index contributed by atoms with van der Waals surface area (Å²) in [5, 5.41) is 3.04. The molecule has 18 heavy (non-hydrogen) atoms. The molecule has 1 aromatic heterocycles. The van der Waals surface area contributed by atoms with Crippen molar-refractivity contribution in [3.8, 4) is 0 Å². The highest BCUT2D eigenvalue weighted by atomic mass is 32.2. The lowest BCUT2D eigenvalue weighted by Crippen LogP contribution is -2.04. The summed E-state index contributed by atoms with van der Waals surface area (Å²) in [4.78, 5) is 19.9. The summed E-state index contributed by atoms with van der Waals surface area (Å²) in [6, 6.07) is 7.80. The predicted molar refractivity (Wildman–Crippen MR) is 73.3 cm³/mol. The number of hydrogen-bond donors (Lipinski definition) is 2. The minimum Gasteiger partial charge on any atom is -0.383 e. The van der Waals surface area contributed by atoms with E-state index in [2.05, 4.69) is 15.3 Å². The monoisotopic (exact) mass is 260 g/mol. The highest BCUT2D eigenvalue weighted by Gasteiger charge is 2.08. The number of carbonyl (C=O) groups is 1. The Labute approximate surface area is 109 Å². The zero-order chi connectivity index (χ0) is 13.0. The number of benzene rings is 1. The largest absolute Gasteiger partial charge is 0.383 e. The molecule has 0 aliphatic rings. The first-order valence-corrected chi connectivity index (χ1v) is 6.44. The molecule has 1 aromatic carbocycles. The summed E-state index contributed by atoms with van der Waals surface area (Å²) < 4.78 is 0. The minimum absolute atomic E-state index is 0.170. The minimum atomic E-state index is 0.170. The second-order valence-corrected chi connectivity index (χ2v) is 4.37. The fourth-order valence-electron chi connectivity index (χ4n) is 1.44. The molecular weight excluding hydrogens is 248 g/mol. The summed E-state index contributed by atoms with van der Waals surface area (Å²) in [6.45, 7) is 0. The van der Waals surface area contributed by atoms with Crippen molar-refractivity contribution < 1.29 is 4.79 Å². The molecule has 0 radical (unpaired) electrons. The first-order chi connectivity index (χ1) is 8.74. The number of thioether (sulfide) groups is 1. The summed E-state index contributed by atoms with van der Waals surface area (Å²) in [6.07, 6.45) is 3.98. The van der Waals surface area contributed by atoms with Crippen LogP contribution in [0.2, 0.25) is 0 Å². The number of aromatic nitrogens is 2. The topological polar surface area (TPSA) is 80.9 Å². The molecule has 1 heterocycles. The van der Waals surface area contributed by atoms with E-state index in [4.69, 9.17) is 5.73 Å². The number of carbonyl (C=O) groups excluding carboxylic acids is 1. The van der Waals surface area contributed by atoms with Gasteiger partial charge in [0.25, 0.3) is 0 Å². The van der Waals surface area contributed by atoms with Crippen LogP contribution in [0.1, 0.15) is 10.4 Å². The lowest BCUT2D eigenvalue weighted by atomic mass is 10.2. The molecule has 0 saturated carbocycles. The second kappa shape index (κ2) is 5.50.